The number of para-hydroxylation sites is 1. The summed E-state index contributed by atoms with van der Waals surface area (Å²) in [6.07, 6.45) is 3.21. The van der Waals surface area contributed by atoms with Crippen LogP contribution in [0.25, 0.3) is 10.9 Å². The highest BCUT2D eigenvalue weighted by atomic mass is 16.5. The number of nitrogens with zero attached hydrogens (tertiary/aromatic N) is 1. The Morgan fingerprint density at radius 1 is 1.00 bits per heavy atom. The lowest BCUT2D eigenvalue weighted by molar-refractivity contribution is -0.123. The maximum absolute atomic E-state index is 14.1. The molecule has 182 valence electrons. The second-order valence-electron chi connectivity index (χ2n) is 11.8. The number of aromatic nitrogens is 1. The van der Waals surface area contributed by atoms with E-state index in [1.165, 1.54) is 21.4 Å². The molecule has 2 aromatic carbocycles. The molecule has 0 spiro atoms. The predicted molar refractivity (Wildman–Crippen MR) is 138 cm³/mol. The fourth-order valence-corrected chi connectivity index (χ4v) is 7.21. The topological polar surface area (TPSA) is 62.4 Å². The summed E-state index contributed by atoms with van der Waals surface area (Å²) in [6.45, 7) is 9.04. The number of aryl methyl sites for hydroxylation is 1. The summed E-state index contributed by atoms with van der Waals surface area (Å²) >= 11 is 0. The number of nitrogens with one attached hydrogen (secondary N) is 1. The minimum Gasteiger partial charge on any atom is -0.497 e. The number of H-pyrrole nitrogens is 1. The van der Waals surface area contributed by atoms with E-state index in [0.29, 0.717) is 23.3 Å². The Morgan fingerprint density at radius 2 is 1.74 bits per heavy atom. The van der Waals surface area contributed by atoms with Gasteiger partial charge in [0.15, 0.2) is 0 Å². The first kappa shape index (κ1) is 22.4. The second-order valence-corrected chi connectivity index (χ2v) is 11.8. The maximum atomic E-state index is 14.1. The molecule has 2 heterocycles. The Balaban J connectivity index is 1.52. The van der Waals surface area contributed by atoms with Gasteiger partial charge in [-0.1, -0.05) is 39.0 Å². The Bertz CT molecular complexity index is 1330. The number of imide groups is 1. The number of hydrogen-bond acceptors (Lipinski definition) is 3. The third-order valence-corrected chi connectivity index (χ3v) is 9.06. The van der Waals surface area contributed by atoms with Crippen LogP contribution in [-0.4, -0.2) is 23.9 Å². The Morgan fingerprint density at radius 3 is 2.43 bits per heavy atom. The number of rotatable bonds is 2. The third kappa shape index (κ3) is 3.20. The summed E-state index contributed by atoms with van der Waals surface area (Å²) in [5, 5.41) is 1.23. The van der Waals surface area contributed by atoms with Crippen LogP contribution in [0.1, 0.15) is 68.7 Å². The van der Waals surface area contributed by atoms with Gasteiger partial charge in [-0.25, -0.2) is 4.90 Å². The van der Waals surface area contributed by atoms with Crippen LogP contribution >= 0.6 is 0 Å². The normalized spacial score (nSPS) is 28.1. The van der Waals surface area contributed by atoms with Crippen LogP contribution in [0, 0.1) is 30.1 Å². The zero-order valence-electron chi connectivity index (χ0n) is 21.2. The van der Waals surface area contributed by atoms with Gasteiger partial charge < -0.3 is 9.72 Å². The number of ether oxygens (including phenoxy) is 1. The standard InChI is InChI=1S/C30H34N2O3/c1-16-7-6-8-21-23-20-14-9-17(30(2,3)4)15-22(20)24-25(27(23)31-26(16)21)29(34)32(28(24)33)18-10-12-19(35-5)13-11-18/h6-8,10-13,17,20,22,24-25,31H,9,14-15H2,1-5H3/t17-,20-,22+,24-,25+/m1/s1. The molecule has 5 heteroatoms. The van der Waals surface area contributed by atoms with Gasteiger partial charge in [0.1, 0.15) is 5.75 Å². The van der Waals surface area contributed by atoms with E-state index in [1.807, 2.05) is 24.3 Å². The Hall–Kier alpha value is -3.08. The van der Waals surface area contributed by atoms with Crippen molar-refractivity contribution in [2.75, 3.05) is 12.0 Å². The highest BCUT2D eigenvalue weighted by molar-refractivity contribution is 6.24. The number of benzene rings is 2. The van der Waals surface area contributed by atoms with Gasteiger partial charge in [0.2, 0.25) is 11.8 Å². The molecule has 35 heavy (non-hydrogen) atoms. The zero-order valence-corrected chi connectivity index (χ0v) is 21.2. The van der Waals surface area contributed by atoms with Crippen molar-refractivity contribution < 1.29 is 14.3 Å². The lowest BCUT2D eigenvalue weighted by atomic mass is 9.56. The first-order valence-corrected chi connectivity index (χ1v) is 12.8. The van der Waals surface area contributed by atoms with Crippen LogP contribution in [-0.2, 0) is 9.59 Å². The molecule has 1 aromatic heterocycles. The van der Waals surface area contributed by atoms with Crippen molar-refractivity contribution in [2.45, 2.75) is 58.8 Å². The molecule has 0 radical (unpaired) electrons. The molecule has 2 aliphatic carbocycles. The smallest absolute Gasteiger partial charge is 0.243 e. The van der Waals surface area contributed by atoms with Gasteiger partial charge in [0.05, 0.1) is 24.6 Å². The van der Waals surface area contributed by atoms with Crippen LogP contribution in [0.4, 0.5) is 5.69 Å². The average Bonchev–Trinajstić information content (AvgIpc) is 3.35. The highest BCUT2D eigenvalue weighted by Gasteiger charge is 2.59. The van der Waals surface area contributed by atoms with E-state index < -0.39 is 5.92 Å². The van der Waals surface area contributed by atoms with Gasteiger partial charge >= 0.3 is 0 Å². The molecule has 3 aromatic rings. The Kier molecular flexibility index (Phi) is 4.93. The van der Waals surface area contributed by atoms with Crippen LogP contribution < -0.4 is 9.64 Å². The van der Waals surface area contributed by atoms with Crippen LogP contribution in [0.15, 0.2) is 42.5 Å². The minimum atomic E-state index is -0.452. The van der Waals surface area contributed by atoms with E-state index >= 15 is 0 Å². The third-order valence-electron chi connectivity index (χ3n) is 9.06. The molecule has 6 rings (SSSR count). The number of hydrogen-bond donors (Lipinski definition) is 1. The highest BCUT2D eigenvalue weighted by Crippen LogP contribution is 2.60. The van der Waals surface area contributed by atoms with E-state index in [-0.39, 0.29) is 29.1 Å². The van der Waals surface area contributed by atoms with E-state index in [4.69, 9.17) is 4.74 Å². The molecule has 1 saturated heterocycles. The Labute approximate surface area is 206 Å². The number of aromatic amines is 1. The molecule has 1 N–H and O–H groups in total. The SMILES string of the molecule is COc1ccc(N2C(=O)[C@@H]3[C@H]4C[C@H](C(C)(C)C)CC[C@H]4c4c([nH]c5c(C)cccc45)[C@H]3C2=O)cc1. The van der Waals surface area contributed by atoms with E-state index in [9.17, 15) is 9.59 Å². The molecular formula is C30H34N2O3. The molecule has 1 saturated carbocycles. The zero-order chi connectivity index (χ0) is 24.6. The summed E-state index contributed by atoms with van der Waals surface area (Å²) in [6, 6.07) is 13.7. The first-order valence-electron chi connectivity index (χ1n) is 12.8. The minimum absolute atomic E-state index is 0.0456. The second kappa shape index (κ2) is 7.71. The lowest BCUT2D eigenvalue weighted by Crippen LogP contribution is -2.41. The van der Waals surface area contributed by atoms with E-state index in [0.717, 1.165) is 30.5 Å². The van der Waals surface area contributed by atoms with Crippen molar-refractivity contribution in [3.05, 3.63) is 59.3 Å². The number of carbonyl (C=O) groups excluding carboxylic acids is 2. The van der Waals surface area contributed by atoms with E-state index in [1.54, 1.807) is 7.11 Å². The molecule has 2 amide bonds. The molecule has 5 nitrogen and oxygen atoms in total. The molecule has 5 atom stereocenters. The van der Waals surface area contributed by atoms with Crippen molar-refractivity contribution in [3.8, 4) is 5.75 Å². The van der Waals surface area contributed by atoms with Gasteiger partial charge in [0, 0.05) is 16.6 Å². The molecule has 1 aliphatic heterocycles. The summed E-state index contributed by atoms with van der Waals surface area (Å²) < 4.78 is 5.29. The summed E-state index contributed by atoms with van der Waals surface area (Å²) in [4.78, 5) is 33.2. The largest absolute Gasteiger partial charge is 0.497 e. The fourth-order valence-electron chi connectivity index (χ4n) is 7.21. The van der Waals surface area contributed by atoms with Gasteiger partial charge in [0.25, 0.3) is 0 Å². The molecule has 2 fully saturated rings. The van der Waals surface area contributed by atoms with Gasteiger partial charge in [-0.3, -0.25) is 9.59 Å². The van der Waals surface area contributed by atoms with Crippen molar-refractivity contribution in [1.82, 2.24) is 4.98 Å². The van der Waals surface area contributed by atoms with Gasteiger partial charge in [-0.05, 0) is 84.7 Å². The number of fused-ring (bicyclic) bond motifs is 8. The monoisotopic (exact) mass is 470 g/mol. The molecule has 3 aliphatic rings. The lowest BCUT2D eigenvalue weighted by Gasteiger charge is -2.47. The van der Waals surface area contributed by atoms with Gasteiger partial charge in [-0.15, -0.1) is 0 Å². The van der Waals surface area contributed by atoms with Crippen molar-refractivity contribution >= 4 is 28.4 Å². The van der Waals surface area contributed by atoms with Crippen molar-refractivity contribution in [3.63, 3.8) is 0 Å². The number of carbonyl (C=O) groups is 2. The van der Waals surface area contributed by atoms with E-state index in [2.05, 4.69) is 50.9 Å². The molecular weight excluding hydrogens is 436 g/mol. The van der Waals surface area contributed by atoms with Crippen LogP contribution in [0.3, 0.4) is 0 Å². The molecule has 0 unspecified atom stereocenters. The predicted octanol–water partition coefficient (Wildman–Crippen LogP) is 6.32. The maximum Gasteiger partial charge on any atom is 0.243 e. The van der Waals surface area contributed by atoms with Crippen LogP contribution in [0.2, 0.25) is 0 Å². The van der Waals surface area contributed by atoms with Crippen molar-refractivity contribution in [1.29, 1.82) is 0 Å². The number of anilines is 1. The summed E-state index contributed by atoms with van der Waals surface area (Å²) in [5.74, 6) is 0.794. The van der Waals surface area contributed by atoms with Crippen molar-refractivity contribution in [2.24, 2.45) is 23.2 Å². The summed E-state index contributed by atoms with van der Waals surface area (Å²) in [5.41, 5.74) is 5.36. The average molecular weight is 471 g/mol. The fraction of sp³-hybridized carbons (Fsp3) is 0.467. The number of methoxy groups -OCH3 is 1. The van der Waals surface area contributed by atoms with Gasteiger partial charge in [-0.2, -0.15) is 0 Å². The summed E-state index contributed by atoms with van der Waals surface area (Å²) in [7, 11) is 1.62. The quantitative estimate of drug-likeness (QED) is 0.446. The number of amides is 2. The first-order chi connectivity index (χ1) is 16.7. The van der Waals surface area contributed by atoms with Crippen LogP contribution in [0.5, 0.6) is 5.75 Å². The molecule has 0 bridgehead atoms.